The largest absolute Gasteiger partial charge is 0.353 e. The van der Waals surface area contributed by atoms with Crippen LogP contribution >= 0.6 is 11.6 Å². The van der Waals surface area contributed by atoms with Gasteiger partial charge in [0.15, 0.2) is 6.10 Å². The molecule has 0 bridgehead atoms. The monoisotopic (exact) mass is 213 g/mol. The first-order chi connectivity index (χ1) is 6.54. The topological polar surface area (TPSA) is 55.7 Å². The predicted octanol–water partition coefficient (Wildman–Crippen LogP) is 2.40. The molecular formula is C9H8ClNO3. The molecule has 0 spiro atoms. The van der Waals surface area contributed by atoms with Crippen LogP contribution in [0.25, 0.3) is 0 Å². The molecule has 0 N–H and O–H groups in total. The number of nitrogens with zero attached hydrogens (tertiary/aromatic N) is 1. The van der Waals surface area contributed by atoms with Gasteiger partial charge in [-0.1, -0.05) is 23.7 Å². The van der Waals surface area contributed by atoms with Gasteiger partial charge in [0.05, 0.1) is 4.92 Å². The highest BCUT2D eigenvalue weighted by Gasteiger charge is 2.65. The Kier molecular flexibility index (Phi) is 1.97. The van der Waals surface area contributed by atoms with Crippen molar-refractivity contribution in [2.24, 2.45) is 0 Å². The van der Waals surface area contributed by atoms with Crippen molar-refractivity contribution in [3.63, 3.8) is 0 Å². The lowest BCUT2D eigenvalue weighted by Gasteiger charge is -1.97. The number of ether oxygens (including phenoxy) is 1. The van der Waals surface area contributed by atoms with Gasteiger partial charge < -0.3 is 0 Å². The lowest BCUT2D eigenvalue weighted by molar-refractivity contribution is -0.558. The molecule has 1 fully saturated rings. The zero-order chi connectivity index (χ0) is 10.3. The zero-order valence-electron chi connectivity index (χ0n) is 7.44. The van der Waals surface area contributed by atoms with Crippen molar-refractivity contribution >= 4 is 11.6 Å². The SMILES string of the molecule is C[C@@]1([N+](=O)[O-])O[C@H]1c1cccc(Cl)c1. The van der Waals surface area contributed by atoms with E-state index in [1.807, 2.05) is 0 Å². The van der Waals surface area contributed by atoms with Gasteiger partial charge in [-0.25, -0.2) is 0 Å². The fraction of sp³-hybridized carbons (Fsp3) is 0.333. The molecule has 14 heavy (non-hydrogen) atoms. The predicted molar refractivity (Wildman–Crippen MR) is 50.7 cm³/mol. The quantitative estimate of drug-likeness (QED) is 0.431. The third-order valence-electron chi connectivity index (χ3n) is 2.30. The molecule has 1 aliphatic rings. The van der Waals surface area contributed by atoms with Crippen molar-refractivity contribution in [1.29, 1.82) is 0 Å². The van der Waals surface area contributed by atoms with Gasteiger partial charge in [0.2, 0.25) is 0 Å². The van der Waals surface area contributed by atoms with E-state index in [2.05, 4.69) is 0 Å². The number of rotatable bonds is 2. The summed E-state index contributed by atoms with van der Waals surface area (Å²) >= 11 is 5.76. The van der Waals surface area contributed by atoms with Crippen molar-refractivity contribution in [3.05, 3.63) is 45.0 Å². The first-order valence-corrected chi connectivity index (χ1v) is 4.49. The van der Waals surface area contributed by atoms with E-state index < -0.39 is 16.8 Å². The van der Waals surface area contributed by atoms with Gasteiger partial charge in [-0.3, -0.25) is 14.9 Å². The molecule has 0 aliphatic carbocycles. The molecule has 1 aromatic rings. The summed E-state index contributed by atoms with van der Waals surface area (Å²) in [6, 6.07) is 6.92. The van der Waals surface area contributed by atoms with E-state index in [1.54, 1.807) is 24.3 Å². The average molecular weight is 214 g/mol. The highest BCUT2D eigenvalue weighted by atomic mass is 35.5. The van der Waals surface area contributed by atoms with Crippen LogP contribution < -0.4 is 0 Å². The van der Waals surface area contributed by atoms with Crippen molar-refractivity contribution in [3.8, 4) is 0 Å². The molecule has 1 heterocycles. The summed E-state index contributed by atoms with van der Waals surface area (Å²) in [4.78, 5) is 10.2. The summed E-state index contributed by atoms with van der Waals surface area (Å²) in [6.07, 6.45) is -0.476. The van der Waals surface area contributed by atoms with Gasteiger partial charge in [0, 0.05) is 11.9 Å². The molecule has 74 valence electrons. The number of nitro groups is 1. The van der Waals surface area contributed by atoms with E-state index in [9.17, 15) is 10.1 Å². The second-order valence-corrected chi connectivity index (χ2v) is 3.80. The lowest BCUT2D eigenvalue weighted by atomic mass is 10.1. The Morgan fingerprint density at radius 2 is 2.36 bits per heavy atom. The second-order valence-electron chi connectivity index (χ2n) is 3.36. The summed E-state index contributed by atoms with van der Waals surface area (Å²) < 4.78 is 5.05. The van der Waals surface area contributed by atoms with Crippen molar-refractivity contribution in [2.75, 3.05) is 0 Å². The third kappa shape index (κ3) is 1.36. The van der Waals surface area contributed by atoms with Crippen LogP contribution in [0.4, 0.5) is 0 Å². The van der Waals surface area contributed by atoms with E-state index in [0.29, 0.717) is 5.02 Å². The van der Waals surface area contributed by atoms with E-state index in [4.69, 9.17) is 16.3 Å². The average Bonchev–Trinajstić information content (AvgIpc) is 2.80. The molecular weight excluding hydrogens is 206 g/mol. The summed E-state index contributed by atoms with van der Waals surface area (Å²) in [5, 5.41) is 11.2. The minimum Gasteiger partial charge on any atom is -0.294 e. The molecule has 0 radical (unpaired) electrons. The number of halogens is 1. The molecule has 0 saturated carbocycles. The van der Waals surface area contributed by atoms with Gasteiger partial charge in [-0.05, 0) is 17.7 Å². The lowest BCUT2D eigenvalue weighted by Crippen LogP contribution is -2.19. The maximum atomic E-state index is 10.6. The summed E-state index contributed by atoms with van der Waals surface area (Å²) in [6.45, 7) is 1.46. The van der Waals surface area contributed by atoms with Crippen molar-refractivity contribution in [1.82, 2.24) is 0 Å². The Labute approximate surface area is 85.6 Å². The minimum atomic E-state index is -1.27. The molecule has 0 unspecified atom stereocenters. The molecule has 5 heteroatoms. The summed E-state index contributed by atoms with van der Waals surface area (Å²) in [5.41, 5.74) is -0.526. The molecule has 1 aromatic carbocycles. The van der Waals surface area contributed by atoms with E-state index in [-0.39, 0.29) is 0 Å². The second kappa shape index (κ2) is 2.93. The fourth-order valence-corrected chi connectivity index (χ4v) is 1.59. The zero-order valence-corrected chi connectivity index (χ0v) is 8.19. The molecule has 2 rings (SSSR count). The van der Waals surface area contributed by atoms with Crippen LogP contribution in [0.15, 0.2) is 24.3 Å². The van der Waals surface area contributed by atoms with E-state index >= 15 is 0 Å². The smallest absolute Gasteiger partial charge is 0.294 e. The number of epoxide rings is 1. The van der Waals surface area contributed by atoms with Gasteiger partial charge in [-0.2, -0.15) is 0 Å². The van der Waals surface area contributed by atoms with Crippen LogP contribution in [-0.4, -0.2) is 10.6 Å². The normalized spacial score (nSPS) is 30.0. The number of benzene rings is 1. The standard InChI is InChI=1S/C9H8ClNO3/c1-9(11(12)13)8(14-9)6-3-2-4-7(10)5-6/h2-5,8H,1H3/t8-,9+/m0/s1. The van der Waals surface area contributed by atoms with E-state index in [0.717, 1.165) is 5.56 Å². The summed E-state index contributed by atoms with van der Waals surface area (Å²) in [7, 11) is 0. The van der Waals surface area contributed by atoms with Crippen LogP contribution in [0.1, 0.15) is 18.6 Å². The first kappa shape index (κ1) is 9.43. The third-order valence-corrected chi connectivity index (χ3v) is 2.53. The van der Waals surface area contributed by atoms with Crippen LogP contribution in [0, 0.1) is 10.1 Å². The molecule has 0 amide bonds. The van der Waals surface area contributed by atoms with Gasteiger partial charge in [0.1, 0.15) is 0 Å². The molecule has 2 atom stereocenters. The Bertz CT molecular complexity index is 395. The van der Waals surface area contributed by atoms with E-state index in [1.165, 1.54) is 6.92 Å². The van der Waals surface area contributed by atoms with Crippen molar-refractivity contribution < 1.29 is 9.66 Å². The van der Waals surface area contributed by atoms with Crippen LogP contribution in [-0.2, 0) is 4.74 Å². The minimum absolute atomic E-state index is 0.418. The summed E-state index contributed by atoms with van der Waals surface area (Å²) in [5.74, 6) is 0. The van der Waals surface area contributed by atoms with Crippen molar-refractivity contribution in [2.45, 2.75) is 18.8 Å². The Morgan fingerprint density at radius 3 is 2.86 bits per heavy atom. The van der Waals surface area contributed by atoms with Gasteiger partial charge in [0.25, 0.3) is 0 Å². The van der Waals surface area contributed by atoms with Gasteiger partial charge in [-0.15, -0.1) is 0 Å². The molecule has 4 nitrogen and oxygen atoms in total. The first-order valence-electron chi connectivity index (χ1n) is 4.12. The van der Waals surface area contributed by atoms with Crippen LogP contribution in [0.5, 0.6) is 0 Å². The maximum Gasteiger partial charge on any atom is 0.353 e. The maximum absolute atomic E-state index is 10.6. The van der Waals surface area contributed by atoms with Crippen LogP contribution in [0.2, 0.25) is 5.02 Å². The molecule has 0 aromatic heterocycles. The highest BCUT2D eigenvalue weighted by molar-refractivity contribution is 6.30. The Balaban J connectivity index is 2.25. The fourth-order valence-electron chi connectivity index (χ4n) is 1.39. The highest BCUT2D eigenvalue weighted by Crippen LogP contribution is 2.49. The van der Waals surface area contributed by atoms with Crippen LogP contribution in [0.3, 0.4) is 0 Å². The Morgan fingerprint density at radius 1 is 1.64 bits per heavy atom. The van der Waals surface area contributed by atoms with Gasteiger partial charge >= 0.3 is 5.72 Å². The number of hydrogen-bond donors (Lipinski definition) is 0. The molecule has 1 saturated heterocycles. The Hall–Kier alpha value is -1.13. The number of hydrogen-bond acceptors (Lipinski definition) is 3. The molecule has 1 aliphatic heterocycles.